The topological polar surface area (TPSA) is 20.3 Å². The molecule has 82 valence electrons. The van der Waals surface area contributed by atoms with Gasteiger partial charge in [-0.05, 0) is 31.1 Å². The van der Waals surface area contributed by atoms with Crippen molar-refractivity contribution in [3.8, 4) is 0 Å². The summed E-state index contributed by atoms with van der Waals surface area (Å²) >= 11 is 0. The van der Waals surface area contributed by atoms with Crippen LogP contribution < -0.4 is 0 Å². The summed E-state index contributed by atoms with van der Waals surface area (Å²) in [6.45, 7) is 4.88. The van der Waals surface area contributed by atoms with Crippen molar-refractivity contribution in [3.63, 3.8) is 0 Å². The van der Waals surface area contributed by atoms with E-state index >= 15 is 0 Å². The zero-order chi connectivity index (χ0) is 10.5. The van der Waals surface area contributed by atoms with Gasteiger partial charge in [0.25, 0.3) is 0 Å². The molecule has 1 unspecified atom stereocenters. The van der Waals surface area contributed by atoms with Crippen LogP contribution in [0.5, 0.6) is 0 Å². The van der Waals surface area contributed by atoms with Crippen LogP contribution in [-0.2, 0) is 4.79 Å². The van der Waals surface area contributed by atoms with Gasteiger partial charge in [0, 0.05) is 18.2 Å². The maximum atomic E-state index is 11.8. The Balaban J connectivity index is 1.79. The number of carbonyl (C=O) groups excluding carboxylic acids is 1. The molecule has 3 fully saturated rings. The second kappa shape index (κ2) is 3.10. The highest BCUT2D eigenvalue weighted by atomic mass is 16.2. The molecule has 2 heteroatoms. The SMILES string of the molecule is C=C1CC2CC3(CCCCC3)CN2C1=O. The Morgan fingerprint density at radius 2 is 2.00 bits per heavy atom. The lowest BCUT2D eigenvalue weighted by Gasteiger charge is -2.33. The first-order chi connectivity index (χ1) is 7.20. The maximum Gasteiger partial charge on any atom is 0.249 e. The van der Waals surface area contributed by atoms with Crippen molar-refractivity contribution >= 4 is 5.91 Å². The van der Waals surface area contributed by atoms with Gasteiger partial charge in [-0.1, -0.05) is 25.8 Å². The molecule has 2 aliphatic heterocycles. The van der Waals surface area contributed by atoms with Gasteiger partial charge in [0.1, 0.15) is 0 Å². The zero-order valence-electron chi connectivity index (χ0n) is 9.30. The lowest BCUT2D eigenvalue weighted by molar-refractivity contribution is -0.125. The molecule has 2 saturated heterocycles. The quantitative estimate of drug-likeness (QED) is 0.556. The molecule has 1 aliphatic carbocycles. The van der Waals surface area contributed by atoms with E-state index in [0.29, 0.717) is 11.5 Å². The summed E-state index contributed by atoms with van der Waals surface area (Å²) in [5, 5.41) is 0. The Bertz CT molecular complexity index is 314. The predicted octanol–water partition coefficient (Wildman–Crippen LogP) is 2.50. The zero-order valence-corrected chi connectivity index (χ0v) is 9.30. The molecule has 3 aliphatic rings. The van der Waals surface area contributed by atoms with Crippen molar-refractivity contribution in [2.75, 3.05) is 6.54 Å². The average Bonchev–Trinajstić information content (AvgIpc) is 2.67. The highest BCUT2D eigenvalue weighted by Crippen LogP contribution is 2.49. The molecule has 0 aromatic carbocycles. The van der Waals surface area contributed by atoms with Crippen molar-refractivity contribution in [2.24, 2.45) is 5.41 Å². The third-order valence-corrected chi connectivity index (χ3v) is 4.57. The van der Waals surface area contributed by atoms with Crippen molar-refractivity contribution in [1.82, 2.24) is 4.90 Å². The summed E-state index contributed by atoms with van der Waals surface area (Å²) in [4.78, 5) is 13.9. The molecule has 1 amide bonds. The number of nitrogens with zero attached hydrogens (tertiary/aromatic N) is 1. The van der Waals surface area contributed by atoms with Gasteiger partial charge in [-0.15, -0.1) is 0 Å². The van der Waals surface area contributed by atoms with E-state index in [9.17, 15) is 4.79 Å². The van der Waals surface area contributed by atoms with Crippen LogP contribution in [-0.4, -0.2) is 23.4 Å². The first kappa shape index (κ1) is 9.44. The third-order valence-electron chi connectivity index (χ3n) is 4.57. The summed E-state index contributed by atoms with van der Waals surface area (Å²) in [5.74, 6) is 0.238. The van der Waals surface area contributed by atoms with Crippen LogP contribution in [0.3, 0.4) is 0 Å². The van der Waals surface area contributed by atoms with Gasteiger partial charge >= 0.3 is 0 Å². The van der Waals surface area contributed by atoms with Gasteiger partial charge < -0.3 is 4.90 Å². The van der Waals surface area contributed by atoms with Gasteiger partial charge in [0.2, 0.25) is 5.91 Å². The fourth-order valence-corrected chi connectivity index (χ4v) is 3.82. The second-order valence-electron chi connectivity index (χ2n) is 5.66. The Morgan fingerprint density at radius 3 is 2.67 bits per heavy atom. The number of rotatable bonds is 0. The lowest BCUT2D eigenvalue weighted by atomic mass is 9.72. The molecular weight excluding hydrogens is 186 g/mol. The number of hydrogen-bond donors (Lipinski definition) is 0. The molecule has 0 aromatic heterocycles. The fraction of sp³-hybridized carbons (Fsp3) is 0.769. The molecule has 1 saturated carbocycles. The van der Waals surface area contributed by atoms with E-state index in [0.717, 1.165) is 18.5 Å². The normalized spacial score (nSPS) is 33.9. The maximum absolute atomic E-state index is 11.8. The Morgan fingerprint density at radius 1 is 1.27 bits per heavy atom. The van der Waals surface area contributed by atoms with E-state index in [1.54, 1.807) is 0 Å². The van der Waals surface area contributed by atoms with Crippen LogP contribution in [0.25, 0.3) is 0 Å². The van der Waals surface area contributed by atoms with E-state index in [2.05, 4.69) is 11.5 Å². The molecule has 0 aromatic rings. The first-order valence-corrected chi connectivity index (χ1v) is 6.19. The van der Waals surface area contributed by atoms with E-state index < -0.39 is 0 Å². The predicted molar refractivity (Wildman–Crippen MR) is 59.4 cm³/mol. The van der Waals surface area contributed by atoms with Crippen molar-refractivity contribution in [2.45, 2.75) is 51.0 Å². The van der Waals surface area contributed by atoms with Crippen molar-refractivity contribution in [3.05, 3.63) is 12.2 Å². The molecule has 0 bridgehead atoms. The van der Waals surface area contributed by atoms with Gasteiger partial charge in [-0.25, -0.2) is 0 Å². The number of amides is 1. The van der Waals surface area contributed by atoms with Gasteiger partial charge in [-0.2, -0.15) is 0 Å². The fourth-order valence-electron chi connectivity index (χ4n) is 3.82. The van der Waals surface area contributed by atoms with Crippen molar-refractivity contribution < 1.29 is 4.79 Å². The van der Waals surface area contributed by atoms with Crippen LogP contribution >= 0.6 is 0 Å². The molecule has 15 heavy (non-hydrogen) atoms. The Labute approximate surface area is 91.3 Å². The van der Waals surface area contributed by atoms with E-state index in [1.807, 2.05) is 0 Å². The molecule has 0 radical (unpaired) electrons. The number of fused-ring (bicyclic) bond motifs is 1. The van der Waals surface area contributed by atoms with Crippen LogP contribution in [0.1, 0.15) is 44.9 Å². The molecule has 0 N–H and O–H groups in total. The van der Waals surface area contributed by atoms with Crippen molar-refractivity contribution in [1.29, 1.82) is 0 Å². The molecular formula is C13H19NO. The number of carbonyl (C=O) groups is 1. The Hall–Kier alpha value is -0.790. The van der Waals surface area contributed by atoms with E-state index in [-0.39, 0.29) is 5.91 Å². The van der Waals surface area contributed by atoms with Crippen LogP contribution in [0, 0.1) is 5.41 Å². The number of hydrogen-bond acceptors (Lipinski definition) is 1. The summed E-state index contributed by atoms with van der Waals surface area (Å²) in [5.41, 5.74) is 1.34. The minimum absolute atomic E-state index is 0.238. The third kappa shape index (κ3) is 1.34. The molecule has 1 spiro atoms. The molecule has 2 heterocycles. The minimum atomic E-state index is 0.238. The molecule has 3 rings (SSSR count). The summed E-state index contributed by atoms with van der Waals surface area (Å²) in [6.07, 6.45) is 9.01. The first-order valence-electron chi connectivity index (χ1n) is 6.19. The minimum Gasteiger partial charge on any atom is -0.335 e. The van der Waals surface area contributed by atoms with Crippen LogP contribution in [0.15, 0.2) is 12.2 Å². The van der Waals surface area contributed by atoms with E-state index in [1.165, 1.54) is 38.5 Å². The van der Waals surface area contributed by atoms with Gasteiger partial charge in [0.05, 0.1) is 0 Å². The molecule has 2 nitrogen and oxygen atoms in total. The summed E-state index contributed by atoms with van der Waals surface area (Å²) in [7, 11) is 0. The Kier molecular flexibility index (Phi) is 1.95. The van der Waals surface area contributed by atoms with E-state index in [4.69, 9.17) is 0 Å². The highest BCUT2D eigenvalue weighted by molar-refractivity contribution is 5.95. The highest BCUT2D eigenvalue weighted by Gasteiger charge is 2.49. The smallest absolute Gasteiger partial charge is 0.249 e. The average molecular weight is 205 g/mol. The van der Waals surface area contributed by atoms with Gasteiger partial charge in [0.15, 0.2) is 0 Å². The van der Waals surface area contributed by atoms with Crippen LogP contribution in [0.2, 0.25) is 0 Å². The van der Waals surface area contributed by atoms with Crippen LogP contribution in [0.4, 0.5) is 0 Å². The largest absolute Gasteiger partial charge is 0.335 e. The second-order valence-corrected chi connectivity index (χ2v) is 5.66. The monoisotopic (exact) mass is 205 g/mol. The lowest BCUT2D eigenvalue weighted by Crippen LogP contribution is -2.32. The summed E-state index contributed by atoms with van der Waals surface area (Å²) in [6, 6.07) is 0.503. The summed E-state index contributed by atoms with van der Waals surface area (Å²) < 4.78 is 0. The standard InChI is InChI=1S/C13H19NO/c1-10-7-11-8-13(5-3-2-4-6-13)9-14(11)12(10)15/h11H,1-9H2. The molecule has 1 atom stereocenters. The van der Waals surface area contributed by atoms with Gasteiger partial charge in [-0.3, -0.25) is 4.79 Å².